The van der Waals surface area contributed by atoms with Crippen molar-refractivity contribution >= 4 is 5.96 Å². The fourth-order valence-electron chi connectivity index (χ4n) is 3.67. The van der Waals surface area contributed by atoms with E-state index in [1.165, 1.54) is 19.4 Å². The number of nitrogens with zero attached hydrogens (tertiary/aromatic N) is 3. The number of likely N-dealkylation sites (N-methyl/N-ethyl adjacent to an activating group) is 2. The zero-order valence-electron chi connectivity index (χ0n) is 17.4. The van der Waals surface area contributed by atoms with Crippen LogP contribution in [-0.4, -0.2) is 85.9 Å². The van der Waals surface area contributed by atoms with E-state index in [0.717, 1.165) is 37.8 Å². The van der Waals surface area contributed by atoms with Crippen LogP contribution < -0.4 is 10.6 Å². The summed E-state index contributed by atoms with van der Waals surface area (Å²) in [6.45, 7) is 8.83. The maximum Gasteiger partial charge on any atom is 0.191 e. The highest BCUT2D eigenvalue weighted by atomic mass is 16.3. The molecule has 1 aliphatic heterocycles. The van der Waals surface area contributed by atoms with Crippen LogP contribution in [-0.2, 0) is 6.42 Å². The van der Waals surface area contributed by atoms with Crippen molar-refractivity contribution in [2.45, 2.75) is 44.8 Å². The standard InChI is InChI=1S/C20H37N5O2/c1-5-25-12-6-8-17(25)14-22-19(21-11-10-18-9-7-13-27-18)23-15-20(2,26)16-24(3)4/h7,9,13,17,26H,5-6,8,10-12,14-16H2,1-4H3,(H2,21,22,23). The van der Waals surface area contributed by atoms with Gasteiger partial charge in [0.1, 0.15) is 5.76 Å². The Hall–Kier alpha value is -1.57. The molecule has 2 atom stereocenters. The average molecular weight is 380 g/mol. The third-order valence-electron chi connectivity index (χ3n) is 4.89. The highest BCUT2D eigenvalue weighted by Crippen LogP contribution is 2.15. The summed E-state index contributed by atoms with van der Waals surface area (Å²) in [5, 5.41) is 17.4. The van der Waals surface area contributed by atoms with Gasteiger partial charge in [-0.2, -0.15) is 0 Å². The van der Waals surface area contributed by atoms with Crippen molar-refractivity contribution in [1.82, 2.24) is 20.4 Å². The molecular weight excluding hydrogens is 342 g/mol. The van der Waals surface area contributed by atoms with E-state index in [9.17, 15) is 5.11 Å². The molecule has 1 saturated heterocycles. The van der Waals surface area contributed by atoms with Gasteiger partial charge in [-0.25, -0.2) is 0 Å². The molecule has 1 aromatic heterocycles. The maximum absolute atomic E-state index is 10.5. The predicted octanol–water partition coefficient (Wildman–Crippen LogP) is 1.15. The van der Waals surface area contributed by atoms with E-state index < -0.39 is 5.60 Å². The van der Waals surface area contributed by atoms with Gasteiger partial charge in [0.25, 0.3) is 0 Å². The Morgan fingerprint density at radius 1 is 1.44 bits per heavy atom. The fourth-order valence-corrected chi connectivity index (χ4v) is 3.67. The number of aliphatic hydroxyl groups is 1. The second kappa shape index (κ2) is 10.7. The summed E-state index contributed by atoms with van der Waals surface area (Å²) in [4.78, 5) is 9.13. The predicted molar refractivity (Wildman–Crippen MR) is 110 cm³/mol. The van der Waals surface area contributed by atoms with Crippen LogP contribution in [0.1, 0.15) is 32.4 Å². The molecule has 2 heterocycles. The number of rotatable bonds is 10. The van der Waals surface area contributed by atoms with Gasteiger partial charge in [-0.3, -0.25) is 9.89 Å². The minimum absolute atomic E-state index is 0.351. The molecule has 0 spiro atoms. The van der Waals surface area contributed by atoms with Gasteiger partial charge >= 0.3 is 0 Å². The van der Waals surface area contributed by atoms with Gasteiger partial charge in [0, 0.05) is 32.1 Å². The van der Waals surface area contributed by atoms with Gasteiger partial charge in [0.05, 0.1) is 18.4 Å². The highest BCUT2D eigenvalue weighted by molar-refractivity contribution is 5.79. The molecule has 0 bridgehead atoms. The maximum atomic E-state index is 10.5. The Morgan fingerprint density at radius 2 is 2.26 bits per heavy atom. The Balaban J connectivity index is 1.90. The van der Waals surface area contributed by atoms with Gasteiger partial charge in [-0.15, -0.1) is 0 Å². The Morgan fingerprint density at radius 3 is 2.93 bits per heavy atom. The number of hydrogen-bond acceptors (Lipinski definition) is 5. The van der Waals surface area contributed by atoms with E-state index >= 15 is 0 Å². The van der Waals surface area contributed by atoms with Crippen molar-refractivity contribution in [3.05, 3.63) is 24.2 Å². The molecule has 2 rings (SSSR count). The molecule has 0 saturated carbocycles. The van der Waals surface area contributed by atoms with Crippen LogP contribution in [0.15, 0.2) is 27.8 Å². The molecule has 0 aliphatic carbocycles. The van der Waals surface area contributed by atoms with Crippen molar-refractivity contribution in [3.63, 3.8) is 0 Å². The van der Waals surface area contributed by atoms with E-state index in [1.54, 1.807) is 6.26 Å². The SMILES string of the molecule is CCN1CCCC1CNC(=NCC(C)(O)CN(C)C)NCCc1ccco1. The highest BCUT2D eigenvalue weighted by Gasteiger charge is 2.24. The van der Waals surface area contributed by atoms with E-state index in [2.05, 4.69) is 27.4 Å². The van der Waals surface area contributed by atoms with Crippen molar-refractivity contribution in [3.8, 4) is 0 Å². The first kappa shape index (κ1) is 21.7. The molecule has 2 unspecified atom stereocenters. The third-order valence-corrected chi connectivity index (χ3v) is 4.89. The molecule has 1 aromatic rings. The number of nitrogens with one attached hydrogen (secondary N) is 2. The monoisotopic (exact) mass is 379 g/mol. The summed E-state index contributed by atoms with van der Waals surface area (Å²) < 4.78 is 5.39. The first-order chi connectivity index (χ1) is 12.9. The summed E-state index contributed by atoms with van der Waals surface area (Å²) in [6, 6.07) is 4.43. The number of guanidine groups is 1. The number of hydrogen-bond donors (Lipinski definition) is 3. The summed E-state index contributed by atoms with van der Waals surface area (Å²) in [5.74, 6) is 1.71. The molecule has 0 radical (unpaired) electrons. The average Bonchev–Trinajstić information content (AvgIpc) is 3.26. The van der Waals surface area contributed by atoms with E-state index in [0.29, 0.717) is 19.1 Å². The minimum Gasteiger partial charge on any atom is -0.469 e. The molecule has 3 N–H and O–H groups in total. The Bertz CT molecular complexity index is 557. The lowest BCUT2D eigenvalue weighted by molar-refractivity contribution is 0.0423. The smallest absolute Gasteiger partial charge is 0.191 e. The molecule has 1 aliphatic rings. The first-order valence-corrected chi connectivity index (χ1v) is 10.1. The molecular formula is C20H37N5O2. The Kier molecular flexibility index (Phi) is 8.60. The lowest BCUT2D eigenvalue weighted by Gasteiger charge is -2.26. The van der Waals surface area contributed by atoms with Crippen LogP contribution in [0.4, 0.5) is 0 Å². The lowest BCUT2D eigenvalue weighted by atomic mass is 10.1. The van der Waals surface area contributed by atoms with E-state index in [4.69, 9.17) is 4.42 Å². The largest absolute Gasteiger partial charge is 0.469 e. The van der Waals surface area contributed by atoms with Crippen molar-refractivity contribution in [2.75, 3.05) is 53.4 Å². The summed E-state index contributed by atoms with van der Waals surface area (Å²) in [6.07, 6.45) is 4.97. The van der Waals surface area contributed by atoms with Crippen molar-refractivity contribution in [2.24, 2.45) is 4.99 Å². The molecule has 154 valence electrons. The molecule has 0 aromatic carbocycles. The van der Waals surface area contributed by atoms with Crippen molar-refractivity contribution < 1.29 is 9.52 Å². The minimum atomic E-state index is -0.859. The van der Waals surface area contributed by atoms with Crippen LogP contribution >= 0.6 is 0 Å². The lowest BCUT2D eigenvalue weighted by Crippen LogP contribution is -2.47. The fraction of sp³-hybridized carbons (Fsp3) is 0.750. The molecule has 7 nitrogen and oxygen atoms in total. The quantitative estimate of drug-likeness (QED) is 0.418. The summed E-state index contributed by atoms with van der Waals surface area (Å²) >= 11 is 0. The van der Waals surface area contributed by atoms with Crippen LogP contribution in [0.25, 0.3) is 0 Å². The summed E-state index contributed by atoms with van der Waals surface area (Å²) in [5.41, 5.74) is -0.859. The van der Waals surface area contributed by atoms with E-state index in [1.807, 2.05) is 38.1 Å². The number of likely N-dealkylation sites (tertiary alicyclic amines) is 1. The number of aliphatic imine (C=N–C) groups is 1. The van der Waals surface area contributed by atoms with Gasteiger partial charge in [0.2, 0.25) is 0 Å². The van der Waals surface area contributed by atoms with Crippen LogP contribution in [0.3, 0.4) is 0 Å². The first-order valence-electron chi connectivity index (χ1n) is 10.1. The zero-order chi connectivity index (χ0) is 19.7. The molecule has 7 heteroatoms. The zero-order valence-corrected chi connectivity index (χ0v) is 17.4. The van der Waals surface area contributed by atoms with Gasteiger partial charge in [-0.05, 0) is 59.1 Å². The second-order valence-electron chi connectivity index (χ2n) is 7.96. The van der Waals surface area contributed by atoms with Crippen LogP contribution in [0.5, 0.6) is 0 Å². The van der Waals surface area contributed by atoms with Gasteiger partial charge in [-0.1, -0.05) is 6.92 Å². The molecule has 0 amide bonds. The normalized spacial score (nSPS) is 20.8. The molecule has 1 fully saturated rings. The van der Waals surface area contributed by atoms with Crippen molar-refractivity contribution in [1.29, 1.82) is 0 Å². The van der Waals surface area contributed by atoms with Crippen LogP contribution in [0, 0.1) is 0 Å². The van der Waals surface area contributed by atoms with Gasteiger partial charge < -0.3 is 25.1 Å². The Labute approximate surface area is 163 Å². The van der Waals surface area contributed by atoms with E-state index in [-0.39, 0.29) is 0 Å². The second-order valence-corrected chi connectivity index (χ2v) is 7.96. The molecule has 27 heavy (non-hydrogen) atoms. The van der Waals surface area contributed by atoms with Crippen LogP contribution in [0.2, 0.25) is 0 Å². The summed E-state index contributed by atoms with van der Waals surface area (Å²) in [7, 11) is 3.91. The van der Waals surface area contributed by atoms with Gasteiger partial charge in [0.15, 0.2) is 5.96 Å². The number of furan rings is 1. The third kappa shape index (κ3) is 7.91. The topological polar surface area (TPSA) is 76.3 Å².